The second kappa shape index (κ2) is 3.22. The van der Waals surface area contributed by atoms with Gasteiger partial charge in [0.15, 0.2) is 0 Å². The van der Waals surface area contributed by atoms with Gasteiger partial charge in [0.05, 0.1) is 5.56 Å². The van der Waals surface area contributed by atoms with E-state index in [1.807, 2.05) is 0 Å². The highest BCUT2D eigenvalue weighted by Gasteiger charge is 2.37. The summed E-state index contributed by atoms with van der Waals surface area (Å²) in [7, 11) is 0. The summed E-state index contributed by atoms with van der Waals surface area (Å²) in [6, 6.07) is 0. The summed E-state index contributed by atoms with van der Waals surface area (Å²) in [6.07, 6.45) is 4.63. The Morgan fingerprint density at radius 3 is 3.00 bits per heavy atom. The molecular weight excluding hydrogens is 232 g/mol. The van der Waals surface area contributed by atoms with Crippen LogP contribution >= 0.6 is 22.9 Å². The molecule has 2 nitrogen and oxygen atoms in total. The average Bonchev–Trinajstić information content (AvgIpc) is 2.69. The number of hydrogen-bond acceptors (Lipinski definition) is 2. The Kier molecular flexibility index (Phi) is 2.08. The van der Waals surface area contributed by atoms with E-state index in [-0.39, 0.29) is 0 Å². The second-order valence-corrected chi connectivity index (χ2v) is 6.13. The fourth-order valence-corrected chi connectivity index (χ4v) is 4.62. The van der Waals surface area contributed by atoms with Crippen molar-refractivity contribution in [3.8, 4) is 0 Å². The van der Waals surface area contributed by atoms with Crippen molar-refractivity contribution in [3.63, 3.8) is 0 Å². The molecule has 0 aromatic carbocycles. The zero-order valence-electron chi connectivity index (χ0n) is 8.12. The first-order chi connectivity index (χ1) is 7.16. The lowest BCUT2D eigenvalue weighted by Gasteiger charge is -2.19. The predicted octanol–water partition coefficient (Wildman–Crippen LogP) is 3.54. The number of fused-ring (bicyclic) bond motifs is 4. The van der Waals surface area contributed by atoms with Gasteiger partial charge in [-0.25, -0.2) is 4.79 Å². The van der Waals surface area contributed by atoms with Crippen molar-refractivity contribution in [1.82, 2.24) is 0 Å². The van der Waals surface area contributed by atoms with Gasteiger partial charge in [-0.2, -0.15) is 0 Å². The predicted molar refractivity (Wildman–Crippen MR) is 60.1 cm³/mol. The van der Waals surface area contributed by atoms with E-state index < -0.39 is 5.97 Å². The summed E-state index contributed by atoms with van der Waals surface area (Å²) >= 11 is 7.49. The van der Waals surface area contributed by atoms with Crippen LogP contribution in [0.25, 0.3) is 0 Å². The van der Waals surface area contributed by atoms with Gasteiger partial charge in [-0.1, -0.05) is 11.6 Å². The minimum Gasteiger partial charge on any atom is -0.478 e. The minimum absolute atomic E-state index is 0.383. The Morgan fingerprint density at radius 1 is 1.47 bits per heavy atom. The Labute approximate surface area is 96.9 Å². The first kappa shape index (κ1) is 9.67. The van der Waals surface area contributed by atoms with Crippen molar-refractivity contribution in [2.45, 2.75) is 31.6 Å². The summed E-state index contributed by atoms with van der Waals surface area (Å²) in [5.74, 6) is 0.430. The summed E-state index contributed by atoms with van der Waals surface area (Å²) in [5, 5.41) is 9.13. The van der Waals surface area contributed by atoms with E-state index in [0.29, 0.717) is 21.7 Å². The molecule has 0 spiro atoms. The number of hydrogen-bond donors (Lipinski definition) is 1. The van der Waals surface area contributed by atoms with Crippen LogP contribution < -0.4 is 0 Å². The van der Waals surface area contributed by atoms with Gasteiger partial charge >= 0.3 is 5.97 Å². The Bertz CT molecular complexity index is 438. The monoisotopic (exact) mass is 242 g/mol. The van der Waals surface area contributed by atoms with Gasteiger partial charge in [0, 0.05) is 4.88 Å². The fraction of sp³-hybridized carbons (Fsp3) is 0.545. The number of aromatic carboxylic acids is 1. The maximum absolute atomic E-state index is 11.1. The Balaban J connectivity index is 2.17. The van der Waals surface area contributed by atoms with E-state index >= 15 is 0 Å². The molecular formula is C11H11ClO2S. The Morgan fingerprint density at radius 2 is 2.27 bits per heavy atom. The number of thiophene rings is 1. The van der Waals surface area contributed by atoms with Gasteiger partial charge in [-0.15, -0.1) is 11.3 Å². The summed E-state index contributed by atoms with van der Waals surface area (Å²) in [5.41, 5.74) is 1.42. The quantitative estimate of drug-likeness (QED) is 0.818. The number of carboxylic acids is 1. The number of carbonyl (C=O) groups is 1. The van der Waals surface area contributed by atoms with Gasteiger partial charge in [0.2, 0.25) is 0 Å². The first-order valence-electron chi connectivity index (χ1n) is 5.21. The molecule has 0 radical (unpaired) electrons. The van der Waals surface area contributed by atoms with Gasteiger partial charge in [0.25, 0.3) is 0 Å². The molecule has 4 heteroatoms. The topological polar surface area (TPSA) is 37.3 Å². The van der Waals surface area contributed by atoms with Crippen LogP contribution in [-0.4, -0.2) is 11.1 Å². The third-order valence-electron chi connectivity index (χ3n) is 3.61. The maximum atomic E-state index is 11.1. The van der Waals surface area contributed by atoms with Crippen molar-refractivity contribution < 1.29 is 9.90 Å². The van der Waals surface area contributed by atoms with Crippen LogP contribution in [0.2, 0.25) is 4.34 Å². The molecule has 2 atom stereocenters. The van der Waals surface area contributed by atoms with Crippen molar-refractivity contribution in [3.05, 3.63) is 20.3 Å². The van der Waals surface area contributed by atoms with E-state index in [0.717, 1.165) is 12.0 Å². The van der Waals surface area contributed by atoms with Crippen molar-refractivity contribution >= 4 is 28.9 Å². The van der Waals surface area contributed by atoms with Gasteiger partial charge < -0.3 is 5.11 Å². The minimum atomic E-state index is -0.862. The molecule has 2 aliphatic carbocycles. The number of rotatable bonds is 1. The highest BCUT2D eigenvalue weighted by molar-refractivity contribution is 7.17. The third-order valence-corrected chi connectivity index (χ3v) is 5.22. The average molecular weight is 243 g/mol. The number of halogens is 1. The van der Waals surface area contributed by atoms with E-state index in [9.17, 15) is 4.79 Å². The molecule has 0 unspecified atom stereocenters. The van der Waals surface area contributed by atoms with Crippen LogP contribution in [0.1, 0.15) is 46.0 Å². The number of carboxylic acid groups (broad SMARTS) is 1. The molecule has 2 bridgehead atoms. The van der Waals surface area contributed by atoms with Crippen molar-refractivity contribution in [2.24, 2.45) is 5.92 Å². The highest BCUT2D eigenvalue weighted by atomic mass is 35.5. The maximum Gasteiger partial charge on any atom is 0.338 e. The molecule has 1 N–H and O–H groups in total. The van der Waals surface area contributed by atoms with Crippen molar-refractivity contribution in [2.75, 3.05) is 0 Å². The fourth-order valence-electron chi connectivity index (χ4n) is 2.98. The molecule has 2 aliphatic rings. The van der Waals surface area contributed by atoms with Crippen LogP contribution in [-0.2, 0) is 6.42 Å². The SMILES string of the molecule is O=C(O)c1c(Cl)sc2c1C[C@H]1CC[C@@H]2C1. The van der Waals surface area contributed by atoms with Crippen LogP contribution in [0, 0.1) is 5.92 Å². The molecule has 0 amide bonds. The van der Waals surface area contributed by atoms with Crippen molar-refractivity contribution in [1.29, 1.82) is 0 Å². The van der Waals surface area contributed by atoms with Gasteiger partial charge in [0.1, 0.15) is 4.34 Å². The molecule has 15 heavy (non-hydrogen) atoms. The van der Waals surface area contributed by atoms with Crippen LogP contribution in [0.3, 0.4) is 0 Å². The normalized spacial score (nSPS) is 27.8. The second-order valence-electron chi connectivity index (χ2n) is 4.48. The standard InChI is InChI=1S/C11H11ClO2S/c12-10-8(11(13)14)7-4-5-1-2-6(3-5)9(7)15-10/h5-6H,1-4H2,(H,13,14)/t5-,6+/m0/s1. The van der Waals surface area contributed by atoms with Crippen LogP contribution in [0.15, 0.2) is 0 Å². The van der Waals surface area contributed by atoms with E-state index in [2.05, 4.69) is 0 Å². The van der Waals surface area contributed by atoms with Crippen LogP contribution in [0.4, 0.5) is 0 Å². The van der Waals surface area contributed by atoms with E-state index in [1.54, 1.807) is 0 Å². The summed E-state index contributed by atoms with van der Waals surface area (Å²) < 4.78 is 0.472. The molecule has 0 aliphatic heterocycles. The molecule has 1 aromatic rings. The smallest absolute Gasteiger partial charge is 0.338 e. The van der Waals surface area contributed by atoms with Gasteiger partial charge in [-0.3, -0.25) is 0 Å². The molecule has 0 saturated heterocycles. The lowest BCUT2D eigenvalue weighted by Crippen LogP contribution is -2.11. The first-order valence-corrected chi connectivity index (χ1v) is 6.40. The zero-order valence-corrected chi connectivity index (χ0v) is 9.70. The lowest BCUT2D eigenvalue weighted by atomic mass is 9.87. The largest absolute Gasteiger partial charge is 0.478 e. The molecule has 3 rings (SSSR count). The molecule has 80 valence electrons. The molecule has 1 aromatic heterocycles. The zero-order chi connectivity index (χ0) is 10.6. The van der Waals surface area contributed by atoms with Crippen LogP contribution in [0.5, 0.6) is 0 Å². The van der Waals surface area contributed by atoms with E-state index in [4.69, 9.17) is 16.7 Å². The molecule has 1 heterocycles. The summed E-state index contributed by atoms with van der Waals surface area (Å²) in [6.45, 7) is 0. The molecule has 1 saturated carbocycles. The highest BCUT2D eigenvalue weighted by Crippen LogP contribution is 2.51. The lowest BCUT2D eigenvalue weighted by molar-refractivity contribution is 0.0696. The summed E-state index contributed by atoms with van der Waals surface area (Å²) in [4.78, 5) is 12.4. The van der Waals surface area contributed by atoms with Gasteiger partial charge in [-0.05, 0) is 43.1 Å². The Hall–Kier alpha value is -0.540. The molecule has 1 fully saturated rings. The van der Waals surface area contributed by atoms with E-state index in [1.165, 1.54) is 35.5 Å². The third kappa shape index (κ3) is 1.33.